The molecule has 4 nitrogen and oxygen atoms in total. The fourth-order valence-corrected chi connectivity index (χ4v) is 1.82. The lowest BCUT2D eigenvalue weighted by atomic mass is 10.2. The van der Waals surface area contributed by atoms with E-state index in [1.165, 1.54) is 0 Å². The van der Waals surface area contributed by atoms with Crippen LogP contribution < -0.4 is 0 Å². The topological polar surface area (TPSA) is 70.2 Å². The summed E-state index contributed by atoms with van der Waals surface area (Å²) in [7, 11) is -4.50. The summed E-state index contributed by atoms with van der Waals surface area (Å²) >= 11 is 0. The largest absolute Gasteiger partial charge is 0.361 e. The number of fused-ring (bicyclic) bond motifs is 1. The summed E-state index contributed by atoms with van der Waals surface area (Å²) in [5, 5.41) is 0.551. The van der Waals surface area contributed by atoms with Crippen molar-refractivity contribution in [3.05, 3.63) is 30.2 Å². The molecule has 6 heteroatoms. The summed E-state index contributed by atoms with van der Waals surface area (Å²) in [5.41, 5.74) is 0.457. The van der Waals surface area contributed by atoms with E-state index in [-0.39, 0.29) is 0 Å². The van der Waals surface area contributed by atoms with Crippen LogP contribution in [0.5, 0.6) is 0 Å². The summed E-state index contributed by atoms with van der Waals surface area (Å²) < 4.78 is 43.3. The van der Waals surface area contributed by atoms with Crippen LogP contribution in [0.3, 0.4) is 0 Å². The number of hydrogen-bond donors (Lipinski definition) is 2. The highest BCUT2D eigenvalue weighted by Gasteiger charge is 2.16. The first-order chi connectivity index (χ1) is 6.48. The Balaban J connectivity index is 2.84. The maximum Gasteiger partial charge on any atom is 0.297 e. The van der Waals surface area contributed by atoms with E-state index in [0.29, 0.717) is 10.9 Å². The lowest BCUT2D eigenvalue weighted by Crippen LogP contribution is -2.01. The zero-order chi connectivity index (χ0) is 10.3. The second-order valence-corrected chi connectivity index (χ2v) is 4.21. The molecule has 0 aliphatic rings. The summed E-state index contributed by atoms with van der Waals surface area (Å²) in [4.78, 5) is 2.00. The van der Waals surface area contributed by atoms with Gasteiger partial charge in [-0.15, -0.1) is 0 Å². The van der Waals surface area contributed by atoms with Gasteiger partial charge in [0, 0.05) is 17.1 Å². The molecule has 0 unspecified atom stereocenters. The first kappa shape index (κ1) is 9.17. The van der Waals surface area contributed by atoms with Gasteiger partial charge in [-0.1, -0.05) is 0 Å². The fraction of sp³-hybridized carbons (Fsp3) is 0. The summed E-state index contributed by atoms with van der Waals surface area (Å²) in [6.07, 6.45) is 1.55. The maximum atomic E-state index is 13.1. The second-order valence-electron chi connectivity index (χ2n) is 2.82. The maximum absolute atomic E-state index is 13.1. The molecule has 0 saturated heterocycles. The highest BCUT2D eigenvalue weighted by Crippen LogP contribution is 2.21. The van der Waals surface area contributed by atoms with E-state index in [2.05, 4.69) is 4.98 Å². The van der Waals surface area contributed by atoms with Crippen molar-refractivity contribution in [3.63, 3.8) is 0 Å². The number of H-pyrrole nitrogens is 1. The number of aromatic amines is 1. The van der Waals surface area contributed by atoms with Gasteiger partial charge in [-0.05, 0) is 18.2 Å². The molecule has 0 aliphatic carbocycles. The van der Waals surface area contributed by atoms with Gasteiger partial charge in [-0.2, -0.15) is 8.42 Å². The Bertz CT molecular complexity index is 588. The molecule has 0 radical (unpaired) electrons. The molecule has 0 fully saturated rings. The molecular formula is C8H6FNO3S. The molecule has 0 aliphatic heterocycles. The van der Waals surface area contributed by atoms with Crippen molar-refractivity contribution in [2.45, 2.75) is 4.90 Å². The van der Waals surface area contributed by atoms with Gasteiger partial charge in [0.05, 0.1) is 0 Å². The van der Waals surface area contributed by atoms with E-state index in [1.807, 2.05) is 0 Å². The normalized spacial score (nSPS) is 12.1. The molecule has 0 amide bonds. The van der Waals surface area contributed by atoms with Gasteiger partial charge in [0.1, 0.15) is 10.7 Å². The predicted octanol–water partition coefficient (Wildman–Crippen LogP) is 1.55. The number of halogens is 1. The van der Waals surface area contributed by atoms with Crippen molar-refractivity contribution in [2.24, 2.45) is 0 Å². The van der Waals surface area contributed by atoms with E-state index >= 15 is 0 Å². The molecule has 0 bridgehead atoms. The fourth-order valence-electron chi connectivity index (χ4n) is 1.25. The van der Waals surface area contributed by atoms with Gasteiger partial charge in [-0.25, -0.2) is 4.39 Å². The zero-order valence-corrected chi connectivity index (χ0v) is 7.68. The molecule has 0 atom stereocenters. The second kappa shape index (κ2) is 2.79. The molecule has 2 rings (SSSR count). The molecule has 0 spiro atoms. The van der Waals surface area contributed by atoms with Crippen LogP contribution in [0.4, 0.5) is 4.39 Å². The molecule has 1 aromatic heterocycles. The van der Waals surface area contributed by atoms with Crippen molar-refractivity contribution in [3.8, 4) is 0 Å². The van der Waals surface area contributed by atoms with Gasteiger partial charge in [0.15, 0.2) is 0 Å². The minimum atomic E-state index is -4.50. The Morgan fingerprint density at radius 2 is 2.07 bits per heavy atom. The van der Waals surface area contributed by atoms with Crippen LogP contribution in [-0.4, -0.2) is 18.0 Å². The van der Waals surface area contributed by atoms with Gasteiger partial charge in [0.25, 0.3) is 10.1 Å². The molecule has 2 N–H and O–H groups in total. The molecule has 1 heterocycles. The Hall–Kier alpha value is -1.40. The van der Waals surface area contributed by atoms with E-state index in [0.717, 1.165) is 12.1 Å². The molecule has 2 aromatic rings. The van der Waals surface area contributed by atoms with Crippen molar-refractivity contribution < 1.29 is 17.4 Å². The highest BCUT2D eigenvalue weighted by molar-refractivity contribution is 7.85. The lowest BCUT2D eigenvalue weighted by molar-refractivity contribution is 0.474. The number of aromatic nitrogens is 1. The SMILES string of the molecule is O=S(=O)(O)c1cc2[nH]ccc2cc1F. The predicted molar refractivity (Wildman–Crippen MR) is 48.1 cm³/mol. The van der Waals surface area contributed by atoms with Crippen LogP contribution in [-0.2, 0) is 10.1 Å². The van der Waals surface area contributed by atoms with Crippen LogP contribution in [0.15, 0.2) is 29.3 Å². The Morgan fingerprint density at radius 1 is 1.36 bits per heavy atom. The molecule has 74 valence electrons. The minimum Gasteiger partial charge on any atom is -0.361 e. The molecule has 1 aromatic carbocycles. The number of benzene rings is 1. The van der Waals surface area contributed by atoms with Gasteiger partial charge in [0.2, 0.25) is 0 Å². The summed E-state index contributed by atoms with van der Waals surface area (Å²) in [6, 6.07) is 3.71. The molecule has 0 saturated carbocycles. The smallest absolute Gasteiger partial charge is 0.297 e. The lowest BCUT2D eigenvalue weighted by Gasteiger charge is -1.99. The third-order valence-electron chi connectivity index (χ3n) is 1.88. The third kappa shape index (κ3) is 1.38. The summed E-state index contributed by atoms with van der Waals surface area (Å²) in [6.45, 7) is 0. The third-order valence-corrected chi connectivity index (χ3v) is 2.75. The van der Waals surface area contributed by atoms with Crippen LogP contribution in [0.2, 0.25) is 0 Å². The molecule has 14 heavy (non-hydrogen) atoms. The van der Waals surface area contributed by atoms with E-state index in [9.17, 15) is 12.8 Å². The Labute approximate surface area is 79.1 Å². The number of hydrogen-bond acceptors (Lipinski definition) is 2. The number of rotatable bonds is 1. The van der Waals surface area contributed by atoms with Crippen molar-refractivity contribution in [2.75, 3.05) is 0 Å². The van der Waals surface area contributed by atoms with Crippen LogP contribution in [0.25, 0.3) is 10.9 Å². The van der Waals surface area contributed by atoms with Gasteiger partial charge >= 0.3 is 0 Å². The van der Waals surface area contributed by atoms with E-state index in [4.69, 9.17) is 4.55 Å². The Morgan fingerprint density at radius 3 is 2.71 bits per heavy atom. The van der Waals surface area contributed by atoms with Gasteiger partial charge < -0.3 is 4.98 Å². The Kier molecular flexibility index (Phi) is 1.83. The van der Waals surface area contributed by atoms with Crippen molar-refractivity contribution in [1.29, 1.82) is 0 Å². The summed E-state index contributed by atoms with van der Waals surface area (Å²) in [5.74, 6) is -0.959. The van der Waals surface area contributed by atoms with Gasteiger partial charge in [-0.3, -0.25) is 4.55 Å². The highest BCUT2D eigenvalue weighted by atomic mass is 32.2. The molecular weight excluding hydrogens is 209 g/mol. The van der Waals surface area contributed by atoms with Crippen LogP contribution >= 0.6 is 0 Å². The van der Waals surface area contributed by atoms with Crippen molar-refractivity contribution in [1.82, 2.24) is 4.98 Å². The van der Waals surface area contributed by atoms with Crippen LogP contribution in [0.1, 0.15) is 0 Å². The zero-order valence-electron chi connectivity index (χ0n) is 6.86. The van der Waals surface area contributed by atoms with E-state index in [1.54, 1.807) is 12.3 Å². The van der Waals surface area contributed by atoms with Crippen molar-refractivity contribution >= 4 is 21.0 Å². The average Bonchev–Trinajstić information content (AvgIpc) is 2.47. The standard InChI is InChI=1S/C8H6FNO3S/c9-6-3-5-1-2-10-7(5)4-8(6)14(11,12)13/h1-4,10H,(H,11,12,13). The monoisotopic (exact) mass is 215 g/mol. The number of nitrogens with one attached hydrogen (secondary N) is 1. The van der Waals surface area contributed by atoms with Crippen LogP contribution in [0, 0.1) is 5.82 Å². The van der Waals surface area contributed by atoms with E-state index < -0.39 is 20.8 Å². The minimum absolute atomic E-state index is 0.457. The average molecular weight is 215 g/mol. The first-order valence-electron chi connectivity index (χ1n) is 3.72. The first-order valence-corrected chi connectivity index (χ1v) is 5.16. The quantitative estimate of drug-likeness (QED) is 0.709.